The highest BCUT2D eigenvalue weighted by atomic mass is 16.6. The Morgan fingerprint density at radius 3 is 2.20 bits per heavy atom. The Morgan fingerprint density at radius 2 is 1.64 bits per heavy atom. The highest BCUT2D eigenvalue weighted by Gasteiger charge is 2.56. The molecule has 3 aromatic rings. The molecular formula is C31H38N8O5. The van der Waals surface area contributed by atoms with Crippen molar-refractivity contribution in [1.29, 1.82) is 0 Å². The first-order valence-corrected chi connectivity index (χ1v) is 14.3. The molecule has 1 aliphatic carbocycles. The summed E-state index contributed by atoms with van der Waals surface area (Å²) in [6.07, 6.45) is 2.58. The molecule has 0 aliphatic heterocycles. The molecule has 0 unspecified atom stereocenters. The van der Waals surface area contributed by atoms with Crippen molar-refractivity contribution in [2.45, 2.75) is 58.1 Å². The minimum absolute atomic E-state index is 0.192. The average molecular weight is 603 g/mol. The smallest absolute Gasteiger partial charge is 0.410 e. The van der Waals surface area contributed by atoms with Crippen LogP contribution in [0.5, 0.6) is 0 Å². The molecule has 0 radical (unpaired) electrons. The van der Waals surface area contributed by atoms with E-state index in [0.29, 0.717) is 47.8 Å². The van der Waals surface area contributed by atoms with Gasteiger partial charge in [-0.15, -0.1) is 0 Å². The first-order valence-electron chi connectivity index (χ1n) is 14.3. The number of nitrogens with zero attached hydrogens (tertiary/aromatic N) is 3. The lowest BCUT2D eigenvalue weighted by Gasteiger charge is -2.30. The number of nitrogens with one attached hydrogen (secondary N) is 4. The number of rotatable bonds is 11. The number of benzene rings is 2. The lowest BCUT2D eigenvalue weighted by molar-refractivity contribution is -0.122. The third kappa shape index (κ3) is 7.60. The van der Waals surface area contributed by atoms with Gasteiger partial charge in [0, 0.05) is 31.0 Å². The summed E-state index contributed by atoms with van der Waals surface area (Å²) >= 11 is 0. The van der Waals surface area contributed by atoms with Crippen LogP contribution < -0.4 is 27.0 Å². The molecule has 44 heavy (non-hydrogen) atoms. The monoisotopic (exact) mass is 602 g/mol. The van der Waals surface area contributed by atoms with E-state index in [-0.39, 0.29) is 17.4 Å². The van der Waals surface area contributed by atoms with Crippen molar-refractivity contribution < 1.29 is 23.9 Å². The van der Waals surface area contributed by atoms with E-state index in [1.165, 1.54) is 11.1 Å². The molecule has 0 bridgehead atoms. The van der Waals surface area contributed by atoms with Crippen LogP contribution in [0.4, 0.5) is 33.6 Å². The summed E-state index contributed by atoms with van der Waals surface area (Å²) in [7, 11) is 1.55. The molecule has 13 heteroatoms. The molecule has 0 saturated heterocycles. The molecule has 13 nitrogen and oxygen atoms in total. The van der Waals surface area contributed by atoms with Gasteiger partial charge in [-0.1, -0.05) is 19.1 Å². The average Bonchev–Trinajstić information content (AvgIpc) is 3.78. The molecule has 1 saturated carbocycles. The maximum absolute atomic E-state index is 13.5. The number of likely N-dealkylation sites (N-methyl/N-ethyl adjacent to an activating group) is 1. The third-order valence-electron chi connectivity index (χ3n) is 6.88. The predicted molar refractivity (Wildman–Crippen MR) is 168 cm³/mol. The van der Waals surface area contributed by atoms with Gasteiger partial charge in [0.2, 0.25) is 11.9 Å². The second-order valence-electron chi connectivity index (χ2n) is 11.5. The van der Waals surface area contributed by atoms with Crippen LogP contribution >= 0.6 is 0 Å². The van der Waals surface area contributed by atoms with Crippen LogP contribution in [0.1, 0.15) is 67.7 Å². The number of aromatic nitrogens is 2. The van der Waals surface area contributed by atoms with Crippen molar-refractivity contribution in [3.05, 3.63) is 65.9 Å². The zero-order chi connectivity index (χ0) is 32.1. The Kier molecular flexibility index (Phi) is 9.36. The summed E-state index contributed by atoms with van der Waals surface area (Å²) in [5, 5.41) is 11.9. The number of nitrogens with two attached hydrogens (primary N) is 1. The van der Waals surface area contributed by atoms with Crippen LogP contribution in [0.2, 0.25) is 0 Å². The highest BCUT2D eigenvalue weighted by Crippen LogP contribution is 2.43. The largest absolute Gasteiger partial charge is 0.444 e. The second-order valence-corrected chi connectivity index (χ2v) is 11.5. The van der Waals surface area contributed by atoms with Crippen molar-refractivity contribution in [3.8, 4) is 0 Å². The van der Waals surface area contributed by atoms with Crippen molar-refractivity contribution in [2.24, 2.45) is 5.73 Å². The van der Waals surface area contributed by atoms with Crippen LogP contribution in [0, 0.1) is 0 Å². The summed E-state index contributed by atoms with van der Waals surface area (Å²) in [4.78, 5) is 61.0. The van der Waals surface area contributed by atoms with Gasteiger partial charge in [-0.2, -0.15) is 4.98 Å². The molecule has 6 N–H and O–H groups in total. The third-order valence-corrected chi connectivity index (χ3v) is 6.88. The Labute approximate surface area is 256 Å². The van der Waals surface area contributed by atoms with Crippen LogP contribution in [0.25, 0.3) is 0 Å². The van der Waals surface area contributed by atoms with Crippen molar-refractivity contribution >= 4 is 52.6 Å². The number of hydrogen-bond donors (Lipinski definition) is 5. The number of carbonyl (C=O) groups is 4. The van der Waals surface area contributed by atoms with E-state index in [9.17, 15) is 19.2 Å². The maximum atomic E-state index is 13.5. The highest BCUT2D eigenvalue weighted by molar-refractivity contribution is 6.11. The number of ether oxygens (including phenoxy) is 1. The summed E-state index contributed by atoms with van der Waals surface area (Å²) in [6, 6.07) is 13.3. The zero-order valence-corrected chi connectivity index (χ0v) is 25.5. The molecule has 4 rings (SSSR count). The molecule has 1 aromatic heterocycles. The summed E-state index contributed by atoms with van der Waals surface area (Å²) in [6.45, 7) is 7.84. The van der Waals surface area contributed by atoms with Gasteiger partial charge < -0.3 is 31.7 Å². The second kappa shape index (κ2) is 13.0. The van der Waals surface area contributed by atoms with E-state index in [0.717, 1.165) is 6.42 Å². The van der Waals surface area contributed by atoms with Gasteiger partial charge >= 0.3 is 6.09 Å². The standard InChI is InChI=1S/C31H38N8O5/c1-6-17-33-25-21(18-34-28(38-25)35-20-13-11-19(12-14-20)24(32)40)26(41)36-22-9-7-8-10-23(22)37-27(42)31(15-16-31)39(5)29(43)44-30(2,3)4/h7-14,18H,6,15-17H2,1-5H3,(H2,32,40)(H,36,41)(H,37,42)(H2,33,34,35,38). The summed E-state index contributed by atoms with van der Waals surface area (Å²) in [5.74, 6) is -0.845. The van der Waals surface area contributed by atoms with E-state index in [4.69, 9.17) is 10.5 Å². The number of amides is 4. The van der Waals surface area contributed by atoms with Crippen LogP contribution in [-0.4, -0.2) is 63.4 Å². The number of hydrogen-bond acceptors (Lipinski definition) is 9. The number of anilines is 5. The first-order chi connectivity index (χ1) is 20.8. The summed E-state index contributed by atoms with van der Waals surface area (Å²) < 4.78 is 5.46. The van der Waals surface area contributed by atoms with E-state index < -0.39 is 29.0 Å². The Morgan fingerprint density at radius 1 is 1.00 bits per heavy atom. The maximum Gasteiger partial charge on any atom is 0.410 e. The van der Waals surface area contributed by atoms with Gasteiger partial charge in [-0.3, -0.25) is 19.3 Å². The number of carbonyl (C=O) groups excluding carboxylic acids is 4. The van der Waals surface area contributed by atoms with E-state index in [1.54, 1.807) is 76.3 Å². The molecule has 1 aliphatic rings. The van der Waals surface area contributed by atoms with E-state index in [2.05, 4.69) is 31.2 Å². The Balaban J connectivity index is 1.50. The van der Waals surface area contributed by atoms with Crippen molar-refractivity contribution in [3.63, 3.8) is 0 Å². The van der Waals surface area contributed by atoms with Crippen LogP contribution in [0.15, 0.2) is 54.7 Å². The molecule has 0 spiro atoms. The van der Waals surface area contributed by atoms with Gasteiger partial charge in [0.25, 0.3) is 11.8 Å². The van der Waals surface area contributed by atoms with Crippen LogP contribution in [0.3, 0.4) is 0 Å². The molecule has 0 atom stereocenters. The fourth-order valence-corrected chi connectivity index (χ4v) is 4.30. The molecule has 2 aromatic carbocycles. The Hall–Kier alpha value is -5.20. The zero-order valence-electron chi connectivity index (χ0n) is 25.5. The fourth-order valence-electron chi connectivity index (χ4n) is 4.30. The lowest BCUT2D eigenvalue weighted by atomic mass is 10.2. The first kappa shape index (κ1) is 31.7. The van der Waals surface area contributed by atoms with Crippen LogP contribution in [-0.2, 0) is 9.53 Å². The number of primary amides is 1. The SMILES string of the molecule is CCCNc1nc(Nc2ccc(C(N)=O)cc2)ncc1C(=O)Nc1ccccc1NC(=O)C1(N(C)C(=O)OC(C)(C)C)CC1. The van der Waals surface area contributed by atoms with E-state index >= 15 is 0 Å². The summed E-state index contributed by atoms with van der Waals surface area (Å²) in [5.41, 5.74) is 5.50. The Bertz CT molecular complexity index is 1550. The quantitative estimate of drug-likeness (QED) is 0.207. The van der Waals surface area contributed by atoms with Gasteiger partial charge in [0.05, 0.1) is 11.4 Å². The fraction of sp³-hybridized carbons (Fsp3) is 0.355. The minimum atomic E-state index is -1.03. The van der Waals surface area contributed by atoms with Gasteiger partial charge in [-0.05, 0) is 76.4 Å². The predicted octanol–water partition coefficient (Wildman–Crippen LogP) is 4.73. The van der Waals surface area contributed by atoms with E-state index in [1.807, 2.05) is 6.92 Å². The normalized spacial score (nSPS) is 13.3. The molecule has 1 heterocycles. The molecule has 1 fully saturated rings. The van der Waals surface area contributed by atoms with Gasteiger partial charge in [0.15, 0.2) is 0 Å². The molecule has 4 amide bonds. The topological polar surface area (TPSA) is 181 Å². The van der Waals surface area contributed by atoms with Crippen molar-refractivity contribution in [2.75, 3.05) is 34.9 Å². The van der Waals surface area contributed by atoms with Gasteiger partial charge in [-0.25, -0.2) is 9.78 Å². The van der Waals surface area contributed by atoms with Gasteiger partial charge in [0.1, 0.15) is 22.5 Å². The molecular weight excluding hydrogens is 564 g/mol. The number of para-hydroxylation sites is 2. The molecule has 232 valence electrons. The minimum Gasteiger partial charge on any atom is -0.444 e. The lowest BCUT2D eigenvalue weighted by Crippen LogP contribution is -2.49. The van der Waals surface area contributed by atoms with Crippen molar-refractivity contribution in [1.82, 2.24) is 14.9 Å².